The molecule has 0 aliphatic rings. The molecule has 3 rings (SSSR count). The van der Waals surface area contributed by atoms with E-state index in [0.717, 1.165) is 0 Å². The Morgan fingerprint density at radius 2 is 1.78 bits per heavy atom. The molecule has 0 saturated carbocycles. The number of benzene rings is 3. The summed E-state index contributed by atoms with van der Waals surface area (Å²) in [5, 5.41) is 20.1. The molecule has 37 heavy (non-hydrogen) atoms. The molecule has 11 nitrogen and oxygen atoms in total. The molecule has 0 bridgehead atoms. The van der Waals surface area contributed by atoms with Crippen LogP contribution < -0.4 is 31.4 Å². The van der Waals surface area contributed by atoms with Crippen molar-refractivity contribution in [2.24, 2.45) is 5.73 Å². The minimum atomic E-state index is -0.910. The van der Waals surface area contributed by atoms with Crippen LogP contribution in [0.4, 0.5) is 17.1 Å². The van der Waals surface area contributed by atoms with Crippen molar-refractivity contribution in [3.8, 4) is 11.5 Å². The van der Waals surface area contributed by atoms with Crippen LogP contribution in [0.1, 0.15) is 37.9 Å². The molecular formula is C26H31N6O5+. The minimum Gasteiger partial charge on any atom is -0.490 e. The van der Waals surface area contributed by atoms with Crippen molar-refractivity contribution in [2.75, 3.05) is 17.3 Å². The van der Waals surface area contributed by atoms with E-state index in [9.17, 15) is 14.9 Å². The molecule has 1 atom stereocenters. The number of carbonyl (C=O) groups excluding carboxylic acids is 1. The van der Waals surface area contributed by atoms with E-state index in [1.807, 2.05) is 20.8 Å². The fraction of sp³-hybridized carbons (Fsp3) is 0.231. The van der Waals surface area contributed by atoms with E-state index in [0.29, 0.717) is 34.9 Å². The topological polar surface area (TPSA) is 162 Å². The molecule has 0 fully saturated rings. The lowest BCUT2D eigenvalue weighted by molar-refractivity contribution is -0.729. The highest BCUT2D eigenvalue weighted by molar-refractivity contribution is 5.95. The van der Waals surface area contributed by atoms with Crippen LogP contribution in [-0.4, -0.2) is 34.6 Å². The van der Waals surface area contributed by atoms with Crippen LogP contribution in [0.15, 0.2) is 66.7 Å². The summed E-state index contributed by atoms with van der Waals surface area (Å²) in [7, 11) is 0. The van der Waals surface area contributed by atoms with Crippen molar-refractivity contribution in [2.45, 2.75) is 32.9 Å². The van der Waals surface area contributed by atoms with Gasteiger partial charge in [0.25, 0.3) is 10.8 Å². The number of amidine groups is 1. The first-order valence-corrected chi connectivity index (χ1v) is 11.6. The number of hydrogen-bond acceptors (Lipinski definition) is 7. The summed E-state index contributed by atoms with van der Waals surface area (Å²) in [6.45, 7) is 6.07. The Hall–Kier alpha value is -4.80. The Kier molecular flexibility index (Phi) is 8.87. The lowest BCUT2D eigenvalue weighted by atomic mass is 10.0. The number of ether oxygens (including phenoxy) is 2. The molecule has 0 aromatic heterocycles. The fourth-order valence-corrected chi connectivity index (χ4v) is 3.48. The van der Waals surface area contributed by atoms with Gasteiger partial charge < -0.3 is 20.5 Å². The molecule has 1 unspecified atom stereocenters. The predicted molar refractivity (Wildman–Crippen MR) is 140 cm³/mol. The average Bonchev–Trinajstić information content (AvgIpc) is 2.87. The summed E-state index contributed by atoms with van der Waals surface area (Å²) in [6, 6.07) is 17.2. The van der Waals surface area contributed by atoms with Gasteiger partial charge in [-0.15, -0.1) is 0 Å². The van der Waals surface area contributed by atoms with Crippen LogP contribution in [-0.2, 0) is 4.79 Å². The molecule has 0 spiro atoms. The highest BCUT2D eigenvalue weighted by atomic mass is 16.6. The molecule has 0 radical (unpaired) electrons. The number of para-hydroxylation sites is 2. The molecule has 0 heterocycles. The van der Waals surface area contributed by atoms with Crippen LogP contribution in [0.2, 0.25) is 0 Å². The monoisotopic (exact) mass is 507 g/mol. The van der Waals surface area contributed by atoms with Crippen LogP contribution in [0.3, 0.4) is 0 Å². The van der Waals surface area contributed by atoms with Crippen molar-refractivity contribution >= 4 is 28.8 Å². The normalized spacial score (nSPS) is 11.4. The zero-order chi connectivity index (χ0) is 26.9. The SMILES string of the molecule is CCOc1cc(C(Nc2ccc(C(=N)N)cc2)C(=O)NNc2ccccc2[N+](=O)O)ccc1OC(C)C. The van der Waals surface area contributed by atoms with E-state index in [-0.39, 0.29) is 28.2 Å². The zero-order valence-corrected chi connectivity index (χ0v) is 20.8. The van der Waals surface area contributed by atoms with Crippen LogP contribution in [0.25, 0.3) is 0 Å². The number of nitrogens with zero attached hydrogens (tertiary/aromatic N) is 1. The Balaban J connectivity index is 1.93. The second kappa shape index (κ2) is 12.2. The Labute approximate surface area is 214 Å². The second-order valence-electron chi connectivity index (χ2n) is 8.28. The van der Waals surface area contributed by atoms with Crippen molar-refractivity contribution in [3.05, 3.63) is 82.8 Å². The van der Waals surface area contributed by atoms with Crippen molar-refractivity contribution in [1.82, 2.24) is 5.43 Å². The molecular weight excluding hydrogens is 476 g/mol. The molecule has 0 saturated heterocycles. The summed E-state index contributed by atoms with van der Waals surface area (Å²) in [5.74, 6) is 0.486. The third-order valence-electron chi connectivity index (χ3n) is 5.16. The molecule has 0 aliphatic heterocycles. The van der Waals surface area contributed by atoms with E-state index in [4.69, 9.17) is 20.6 Å². The van der Waals surface area contributed by atoms with E-state index in [1.54, 1.807) is 54.6 Å². The summed E-state index contributed by atoms with van der Waals surface area (Å²) in [6.07, 6.45) is -0.0709. The zero-order valence-electron chi connectivity index (χ0n) is 20.8. The largest absolute Gasteiger partial charge is 0.490 e. The fourth-order valence-electron chi connectivity index (χ4n) is 3.48. The van der Waals surface area contributed by atoms with Gasteiger partial charge in [0.1, 0.15) is 17.6 Å². The molecule has 0 aliphatic carbocycles. The smallest absolute Gasteiger partial charge is 0.341 e. The van der Waals surface area contributed by atoms with E-state index in [2.05, 4.69) is 16.2 Å². The highest BCUT2D eigenvalue weighted by Crippen LogP contribution is 2.33. The van der Waals surface area contributed by atoms with Gasteiger partial charge in [0.15, 0.2) is 11.5 Å². The molecule has 3 aromatic rings. The van der Waals surface area contributed by atoms with Gasteiger partial charge in [0.05, 0.1) is 17.6 Å². The minimum absolute atomic E-state index is 0.0675. The van der Waals surface area contributed by atoms with Gasteiger partial charge in [0.2, 0.25) is 0 Å². The number of hydrazine groups is 1. The third-order valence-corrected chi connectivity index (χ3v) is 5.16. The van der Waals surface area contributed by atoms with Gasteiger partial charge in [-0.3, -0.25) is 21.1 Å². The number of hydrogen-bond donors (Lipinski definition) is 6. The van der Waals surface area contributed by atoms with Crippen LogP contribution in [0.5, 0.6) is 11.5 Å². The average molecular weight is 508 g/mol. The van der Waals surface area contributed by atoms with Gasteiger partial charge in [-0.25, -0.2) is 5.21 Å². The first kappa shape index (κ1) is 26.8. The van der Waals surface area contributed by atoms with Gasteiger partial charge in [-0.05, 0) is 68.8 Å². The summed E-state index contributed by atoms with van der Waals surface area (Å²) >= 11 is 0. The third kappa shape index (κ3) is 7.10. The molecule has 1 amide bonds. The summed E-state index contributed by atoms with van der Waals surface area (Å²) < 4.78 is 11.6. The Bertz CT molecular complexity index is 1260. The van der Waals surface area contributed by atoms with E-state index >= 15 is 0 Å². The number of amides is 1. The number of nitrogen functional groups attached to an aromatic ring is 1. The first-order valence-electron chi connectivity index (χ1n) is 11.6. The maximum Gasteiger partial charge on any atom is 0.341 e. The maximum absolute atomic E-state index is 13.4. The molecule has 194 valence electrons. The molecule has 3 aromatic carbocycles. The summed E-state index contributed by atoms with van der Waals surface area (Å²) in [5.41, 5.74) is 12.7. The van der Waals surface area contributed by atoms with Crippen molar-refractivity contribution < 1.29 is 24.4 Å². The van der Waals surface area contributed by atoms with Gasteiger partial charge in [0, 0.05) is 17.3 Å². The molecule has 7 N–H and O–H groups in total. The van der Waals surface area contributed by atoms with Crippen molar-refractivity contribution in [1.29, 1.82) is 5.41 Å². The molecule has 11 heteroatoms. The quantitative estimate of drug-likeness (QED) is 0.120. The Morgan fingerprint density at radius 3 is 2.41 bits per heavy atom. The van der Waals surface area contributed by atoms with E-state index in [1.165, 1.54) is 12.1 Å². The number of rotatable bonds is 12. The number of nitrogens with one attached hydrogen (secondary N) is 4. The van der Waals surface area contributed by atoms with Gasteiger partial charge in [-0.2, -0.15) is 0 Å². The number of carbonyl (C=O) groups is 1. The second-order valence-corrected chi connectivity index (χ2v) is 8.28. The number of nitrogens with two attached hydrogens (primary N) is 1. The van der Waals surface area contributed by atoms with Gasteiger partial charge in [-0.1, -0.05) is 18.2 Å². The Morgan fingerprint density at radius 1 is 1.08 bits per heavy atom. The highest BCUT2D eigenvalue weighted by Gasteiger charge is 2.24. The van der Waals surface area contributed by atoms with E-state index < -0.39 is 11.9 Å². The van der Waals surface area contributed by atoms with Crippen LogP contribution in [0, 0.1) is 10.3 Å². The lowest BCUT2D eigenvalue weighted by Crippen LogP contribution is -2.37. The first-order chi connectivity index (χ1) is 17.7. The van der Waals surface area contributed by atoms with Crippen molar-refractivity contribution in [3.63, 3.8) is 0 Å². The predicted octanol–water partition coefficient (Wildman–Crippen LogP) is 4.25. The lowest BCUT2D eigenvalue weighted by Gasteiger charge is -2.22. The number of anilines is 2. The standard InChI is InChI=1S/C26H30N6O5/c1-4-36-23-15-18(11-14-22(23)37-16(2)3)24(29-19-12-9-17(10-13-19)25(27)28)26(33)31-30-20-7-5-6-8-21(20)32(34)35/h5-16,24,30H,4H2,1-3H3,(H5-,27,28,29,31,33,34,35)/p+1. The van der Waals surface area contributed by atoms with Crippen LogP contribution >= 0.6 is 0 Å². The summed E-state index contributed by atoms with van der Waals surface area (Å²) in [4.78, 5) is 24.6. The maximum atomic E-state index is 13.4. The van der Waals surface area contributed by atoms with Gasteiger partial charge >= 0.3 is 5.69 Å².